The number of amides is 1. The molecule has 1 fully saturated rings. The summed E-state index contributed by atoms with van der Waals surface area (Å²) in [5.41, 5.74) is 1.71. The summed E-state index contributed by atoms with van der Waals surface area (Å²) in [6.45, 7) is 17.1. The number of methoxy groups -OCH3 is 1. The van der Waals surface area contributed by atoms with Crippen molar-refractivity contribution < 1.29 is 23.6 Å². The number of ether oxygens (including phenoxy) is 2. The average Bonchev–Trinajstić information content (AvgIpc) is 2.79. The van der Waals surface area contributed by atoms with Crippen LogP contribution in [0.1, 0.15) is 59.6 Å². The minimum atomic E-state index is -0.554. The smallest absolute Gasteiger partial charge is 0.444 e. The summed E-state index contributed by atoms with van der Waals surface area (Å²) in [7, 11) is 1.19. The van der Waals surface area contributed by atoms with Gasteiger partial charge in [0.15, 0.2) is 0 Å². The van der Waals surface area contributed by atoms with Crippen LogP contribution in [0.2, 0.25) is 0 Å². The highest BCUT2D eigenvalue weighted by Gasteiger charge is 2.51. The molecule has 2 rings (SSSR count). The van der Waals surface area contributed by atoms with Gasteiger partial charge in [-0.05, 0) is 72.0 Å². The van der Waals surface area contributed by atoms with E-state index in [0.717, 1.165) is 16.6 Å². The second-order valence-corrected chi connectivity index (χ2v) is 9.67. The molecule has 0 atom stereocenters. The zero-order valence-corrected chi connectivity index (χ0v) is 19.4. The Balaban J connectivity index is 2.24. The molecular weight excluding hydrogens is 369 g/mol. The van der Waals surface area contributed by atoms with Crippen LogP contribution in [0.5, 0.6) is 0 Å². The lowest BCUT2D eigenvalue weighted by Crippen LogP contribution is -2.41. The van der Waals surface area contributed by atoms with Gasteiger partial charge in [0.2, 0.25) is 0 Å². The molecule has 0 spiro atoms. The predicted octanol–water partition coefficient (Wildman–Crippen LogP) is 3.68. The Hall–Kier alpha value is -1.57. The van der Waals surface area contributed by atoms with Crippen molar-refractivity contribution >= 4 is 18.7 Å². The van der Waals surface area contributed by atoms with Crippen LogP contribution in [-0.4, -0.2) is 55.2 Å². The van der Waals surface area contributed by atoms with E-state index < -0.39 is 23.9 Å². The first-order chi connectivity index (χ1) is 13.3. The van der Waals surface area contributed by atoms with Gasteiger partial charge in [-0.1, -0.05) is 18.2 Å². The van der Waals surface area contributed by atoms with Crippen molar-refractivity contribution in [2.24, 2.45) is 0 Å². The average molecular weight is 405 g/mol. The Morgan fingerprint density at radius 2 is 1.72 bits per heavy atom. The summed E-state index contributed by atoms with van der Waals surface area (Å²) in [4.78, 5) is 14.4. The van der Waals surface area contributed by atoms with Gasteiger partial charge in [-0.15, -0.1) is 0 Å². The maximum atomic E-state index is 12.7. The molecule has 0 bridgehead atoms. The number of aryl methyl sites for hydroxylation is 1. The molecule has 0 unspecified atom stereocenters. The lowest BCUT2D eigenvalue weighted by molar-refractivity contribution is 0.00578. The Bertz CT molecular complexity index is 710. The highest BCUT2D eigenvalue weighted by molar-refractivity contribution is 6.62. The van der Waals surface area contributed by atoms with E-state index in [0.29, 0.717) is 19.7 Å². The molecule has 1 aromatic rings. The van der Waals surface area contributed by atoms with E-state index in [4.69, 9.17) is 18.8 Å². The van der Waals surface area contributed by atoms with Gasteiger partial charge in [-0.25, -0.2) is 4.79 Å². The van der Waals surface area contributed by atoms with Gasteiger partial charge in [0.25, 0.3) is 0 Å². The molecule has 1 aromatic carbocycles. The molecule has 0 aliphatic carbocycles. The van der Waals surface area contributed by atoms with Gasteiger partial charge in [0.1, 0.15) is 5.60 Å². The van der Waals surface area contributed by atoms with Crippen LogP contribution in [-0.2, 0) is 25.3 Å². The summed E-state index contributed by atoms with van der Waals surface area (Å²) in [6.07, 6.45) is -0.352. The van der Waals surface area contributed by atoms with Crippen molar-refractivity contribution in [2.45, 2.75) is 78.7 Å². The van der Waals surface area contributed by atoms with Gasteiger partial charge in [-0.3, -0.25) is 0 Å². The molecule has 1 aliphatic rings. The number of rotatable bonds is 6. The Morgan fingerprint density at radius 1 is 1.14 bits per heavy atom. The van der Waals surface area contributed by atoms with Crippen molar-refractivity contribution in [3.63, 3.8) is 0 Å². The molecule has 0 radical (unpaired) electrons. The standard InChI is InChI=1S/C22H36BNO5/c1-16-10-11-18(23-28-21(5,6)22(7,8)29-23)14-17(16)15-24(12-13-26-9)19(25)27-20(2,3)4/h10-11,14H,12-13,15H2,1-9H3. The normalized spacial score (nSPS) is 18.0. The van der Waals surface area contributed by atoms with Crippen LogP contribution in [0.3, 0.4) is 0 Å². The second kappa shape index (κ2) is 8.66. The van der Waals surface area contributed by atoms with E-state index in [9.17, 15) is 4.79 Å². The van der Waals surface area contributed by atoms with Crippen molar-refractivity contribution in [3.8, 4) is 0 Å². The molecular formula is C22H36BNO5. The van der Waals surface area contributed by atoms with Crippen molar-refractivity contribution in [1.82, 2.24) is 4.90 Å². The molecule has 1 amide bonds. The molecule has 6 nitrogen and oxygen atoms in total. The van der Waals surface area contributed by atoms with Crippen molar-refractivity contribution in [1.29, 1.82) is 0 Å². The first kappa shape index (κ1) is 23.7. The zero-order chi connectivity index (χ0) is 22.0. The van der Waals surface area contributed by atoms with Crippen molar-refractivity contribution in [3.05, 3.63) is 29.3 Å². The van der Waals surface area contributed by atoms with E-state index >= 15 is 0 Å². The van der Waals surface area contributed by atoms with Gasteiger partial charge in [-0.2, -0.15) is 0 Å². The number of benzene rings is 1. The number of hydrogen-bond donors (Lipinski definition) is 0. The number of carbonyl (C=O) groups excluding carboxylic acids is 1. The van der Waals surface area contributed by atoms with E-state index in [1.165, 1.54) is 0 Å². The quantitative estimate of drug-likeness (QED) is 0.676. The van der Waals surface area contributed by atoms with E-state index in [2.05, 4.69) is 6.07 Å². The van der Waals surface area contributed by atoms with Crippen LogP contribution in [0.25, 0.3) is 0 Å². The molecule has 1 saturated heterocycles. The second-order valence-electron chi connectivity index (χ2n) is 9.67. The highest BCUT2D eigenvalue weighted by atomic mass is 16.7. The molecule has 0 N–H and O–H groups in total. The third kappa shape index (κ3) is 5.97. The lowest BCUT2D eigenvalue weighted by atomic mass is 9.77. The predicted molar refractivity (Wildman–Crippen MR) is 115 cm³/mol. The molecule has 29 heavy (non-hydrogen) atoms. The van der Waals surface area contributed by atoms with Gasteiger partial charge >= 0.3 is 13.2 Å². The summed E-state index contributed by atoms with van der Waals surface area (Å²) < 4.78 is 23.1. The number of nitrogens with zero attached hydrogens (tertiary/aromatic N) is 1. The molecule has 162 valence electrons. The third-order valence-electron chi connectivity index (χ3n) is 5.48. The van der Waals surface area contributed by atoms with Crippen LogP contribution < -0.4 is 5.46 Å². The molecule has 0 aromatic heterocycles. The number of carbonyl (C=O) groups is 1. The van der Waals surface area contributed by atoms with Crippen LogP contribution in [0.4, 0.5) is 4.79 Å². The largest absolute Gasteiger partial charge is 0.494 e. The van der Waals surface area contributed by atoms with E-state index in [1.807, 2.05) is 67.5 Å². The number of hydrogen-bond acceptors (Lipinski definition) is 5. The first-order valence-electron chi connectivity index (χ1n) is 10.2. The van der Waals surface area contributed by atoms with E-state index in [1.54, 1.807) is 12.0 Å². The van der Waals surface area contributed by atoms with Crippen LogP contribution in [0, 0.1) is 6.92 Å². The molecule has 1 aliphatic heterocycles. The maximum Gasteiger partial charge on any atom is 0.494 e. The first-order valence-corrected chi connectivity index (χ1v) is 10.2. The fourth-order valence-corrected chi connectivity index (χ4v) is 2.96. The Labute approximate surface area is 176 Å². The lowest BCUT2D eigenvalue weighted by Gasteiger charge is -2.32. The van der Waals surface area contributed by atoms with Crippen LogP contribution >= 0.6 is 0 Å². The fourth-order valence-electron chi connectivity index (χ4n) is 2.96. The van der Waals surface area contributed by atoms with Crippen molar-refractivity contribution in [2.75, 3.05) is 20.3 Å². The maximum absolute atomic E-state index is 12.7. The fraction of sp³-hybridized carbons (Fsp3) is 0.682. The van der Waals surface area contributed by atoms with E-state index in [-0.39, 0.29) is 6.09 Å². The zero-order valence-electron chi connectivity index (χ0n) is 19.4. The summed E-state index contributed by atoms with van der Waals surface area (Å²) in [5, 5.41) is 0. The Morgan fingerprint density at radius 3 is 2.24 bits per heavy atom. The molecule has 0 saturated carbocycles. The van der Waals surface area contributed by atoms with Gasteiger partial charge in [0, 0.05) is 20.2 Å². The summed E-state index contributed by atoms with van der Waals surface area (Å²) >= 11 is 0. The Kier molecular flexibility index (Phi) is 7.08. The van der Waals surface area contributed by atoms with Crippen LogP contribution in [0.15, 0.2) is 18.2 Å². The monoisotopic (exact) mass is 405 g/mol. The van der Waals surface area contributed by atoms with Gasteiger partial charge < -0.3 is 23.7 Å². The SMILES string of the molecule is COCCN(Cc1cc(B2OC(C)(C)C(C)(C)O2)ccc1C)C(=O)OC(C)(C)C. The van der Waals surface area contributed by atoms with Gasteiger partial charge in [0.05, 0.1) is 17.8 Å². The topological polar surface area (TPSA) is 57.2 Å². The third-order valence-corrected chi connectivity index (χ3v) is 5.48. The highest BCUT2D eigenvalue weighted by Crippen LogP contribution is 2.36. The minimum Gasteiger partial charge on any atom is -0.444 e. The minimum absolute atomic E-state index is 0.352. The summed E-state index contributed by atoms with van der Waals surface area (Å²) in [6, 6.07) is 6.12. The summed E-state index contributed by atoms with van der Waals surface area (Å²) in [5.74, 6) is 0. The molecule has 7 heteroatoms. The molecule has 1 heterocycles.